The molecule has 0 spiro atoms. The van der Waals surface area contributed by atoms with Gasteiger partial charge in [0.1, 0.15) is 11.8 Å². The van der Waals surface area contributed by atoms with Crippen molar-refractivity contribution in [1.29, 1.82) is 5.26 Å². The monoisotopic (exact) mass is 188 g/mol. The van der Waals surface area contributed by atoms with E-state index in [9.17, 15) is 0 Å². The van der Waals surface area contributed by atoms with Crippen LogP contribution < -0.4 is 4.74 Å². The topological polar surface area (TPSA) is 36.0 Å². The molecule has 1 aromatic carbocycles. The molecule has 2 rings (SSSR count). The van der Waals surface area contributed by atoms with Gasteiger partial charge in [0.05, 0.1) is 13.2 Å². The molecule has 1 fully saturated rings. The van der Waals surface area contributed by atoms with E-state index in [2.05, 4.69) is 11.0 Å². The Balaban J connectivity index is 1.95. The maximum absolute atomic E-state index is 8.62. The quantitative estimate of drug-likeness (QED) is 0.673. The van der Waals surface area contributed by atoms with Crippen LogP contribution >= 0.6 is 0 Å². The zero-order valence-electron chi connectivity index (χ0n) is 8.10. The largest absolute Gasteiger partial charge is 0.497 e. The summed E-state index contributed by atoms with van der Waals surface area (Å²) in [6.07, 6.45) is 0. The first kappa shape index (κ1) is 9.04. The number of methoxy groups -OCH3 is 1. The smallest absolute Gasteiger partial charge is 0.118 e. The number of nitrogens with zero attached hydrogens (tertiary/aromatic N) is 2. The Morgan fingerprint density at radius 1 is 1.50 bits per heavy atom. The summed E-state index contributed by atoms with van der Waals surface area (Å²) in [6, 6.07) is 10.3. The zero-order valence-corrected chi connectivity index (χ0v) is 8.10. The van der Waals surface area contributed by atoms with Gasteiger partial charge in [0.25, 0.3) is 0 Å². The molecule has 0 saturated carbocycles. The Bertz CT molecular complexity index is 353. The molecule has 2 unspecified atom stereocenters. The zero-order chi connectivity index (χ0) is 9.97. The molecule has 3 nitrogen and oxygen atoms in total. The van der Waals surface area contributed by atoms with Gasteiger partial charge in [-0.25, -0.2) is 0 Å². The molecule has 0 radical (unpaired) electrons. The standard InChI is InChI=1S/C11H12N2O/c1-14-11-4-2-9(3-5-11)7-13-8-10(13)6-12/h2-5,10H,7-8H2,1H3. The highest BCUT2D eigenvalue weighted by Gasteiger charge is 2.33. The molecule has 0 aromatic heterocycles. The van der Waals surface area contributed by atoms with Crippen molar-refractivity contribution >= 4 is 0 Å². The second-order valence-corrected chi connectivity index (χ2v) is 3.42. The van der Waals surface area contributed by atoms with Crippen LogP contribution in [-0.4, -0.2) is 24.6 Å². The molecule has 1 aliphatic heterocycles. The van der Waals surface area contributed by atoms with Gasteiger partial charge in [0.2, 0.25) is 0 Å². The normalized spacial score (nSPS) is 24.0. The minimum atomic E-state index is 0.136. The molecule has 1 aromatic rings. The summed E-state index contributed by atoms with van der Waals surface area (Å²) in [6.45, 7) is 1.77. The van der Waals surface area contributed by atoms with Crippen molar-refractivity contribution in [2.75, 3.05) is 13.7 Å². The highest BCUT2D eigenvalue weighted by atomic mass is 16.5. The summed E-state index contributed by atoms with van der Waals surface area (Å²) in [5, 5.41) is 8.62. The van der Waals surface area contributed by atoms with E-state index in [4.69, 9.17) is 10.00 Å². The first-order valence-corrected chi connectivity index (χ1v) is 4.60. The van der Waals surface area contributed by atoms with E-state index in [0.29, 0.717) is 0 Å². The molecule has 3 heteroatoms. The average molecular weight is 188 g/mol. The molecule has 0 N–H and O–H groups in total. The lowest BCUT2D eigenvalue weighted by molar-refractivity contribution is 0.414. The van der Waals surface area contributed by atoms with Crippen molar-refractivity contribution < 1.29 is 4.74 Å². The molecule has 0 aliphatic carbocycles. The number of ether oxygens (including phenoxy) is 1. The first-order valence-electron chi connectivity index (χ1n) is 4.60. The predicted octanol–water partition coefficient (Wildman–Crippen LogP) is 1.40. The van der Waals surface area contributed by atoms with Gasteiger partial charge in [-0.3, -0.25) is 4.90 Å². The van der Waals surface area contributed by atoms with E-state index < -0.39 is 0 Å². The first-order chi connectivity index (χ1) is 6.83. The van der Waals surface area contributed by atoms with Gasteiger partial charge in [-0.05, 0) is 17.7 Å². The Hall–Kier alpha value is -1.53. The average Bonchev–Trinajstić information content (AvgIpc) is 2.98. The number of hydrogen-bond donors (Lipinski definition) is 0. The van der Waals surface area contributed by atoms with E-state index >= 15 is 0 Å². The van der Waals surface area contributed by atoms with Crippen LogP contribution in [0.3, 0.4) is 0 Å². The van der Waals surface area contributed by atoms with Gasteiger partial charge in [-0.15, -0.1) is 0 Å². The lowest BCUT2D eigenvalue weighted by Gasteiger charge is -2.03. The van der Waals surface area contributed by atoms with Crippen LogP contribution in [0.5, 0.6) is 5.75 Å². The molecule has 72 valence electrons. The third kappa shape index (κ3) is 1.86. The number of hydrogen-bond acceptors (Lipinski definition) is 3. The Morgan fingerprint density at radius 3 is 2.71 bits per heavy atom. The van der Waals surface area contributed by atoms with E-state index in [0.717, 1.165) is 18.8 Å². The van der Waals surface area contributed by atoms with Gasteiger partial charge in [-0.1, -0.05) is 12.1 Å². The van der Waals surface area contributed by atoms with Crippen LogP contribution in [0.4, 0.5) is 0 Å². The molecule has 1 heterocycles. The van der Waals surface area contributed by atoms with Crippen LogP contribution in [0, 0.1) is 11.3 Å². The lowest BCUT2D eigenvalue weighted by atomic mass is 10.2. The van der Waals surface area contributed by atoms with Crippen molar-refractivity contribution in [3.05, 3.63) is 29.8 Å². The van der Waals surface area contributed by atoms with Crippen molar-refractivity contribution in [2.45, 2.75) is 12.6 Å². The molecule has 2 atom stereocenters. The molecule has 0 amide bonds. The second kappa shape index (κ2) is 3.69. The minimum absolute atomic E-state index is 0.136. The summed E-state index contributed by atoms with van der Waals surface area (Å²) in [5.74, 6) is 0.872. The predicted molar refractivity (Wildman–Crippen MR) is 52.8 cm³/mol. The van der Waals surface area contributed by atoms with Crippen LogP contribution in [0.1, 0.15) is 5.56 Å². The van der Waals surface area contributed by atoms with Crippen LogP contribution in [0.2, 0.25) is 0 Å². The Kier molecular flexibility index (Phi) is 2.38. The van der Waals surface area contributed by atoms with Crippen LogP contribution in [-0.2, 0) is 6.54 Å². The van der Waals surface area contributed by atoms with Crippen LogP contribution in [0.25, 0.3) is 0 Å². The molecule has 0 bridgehead atoms. The molecular weight excluding hydrogens is 176 g/mol. The van der Waals surface area contributed by atoms with Crippen molar-refractivity contribution in [1.82, 2.24) is 4.90 Å². The number of benzene rings is 1. The highest BCUT2D eigenvalue weighted by molar-refractivity contribution is 5.27. The summed E-state index contributed by atoms with van der Waals surface area (Å²) in [7, 11) is 1.66. The number of rotatable bonds is 3. The van der Waals surface area contributed by atoms with Gasteiger partial charge in [-0.2, -0.15) is 5.26 Å². The molecular formula is C11H12N2O. The SMILES string of the molecule is COc1ccc(CN2CC2C#N)cc1. The maximum Gasteiger partial charge on any atom is 0.118 e. The van der Waals surface area contributed by atoms with Gasteiger partial charge in [0, 0.05) is 13.1 Å². The van der Waals surface area contributed by atoms with E-state index in [1.807, 2.05) is 24.3 Å². The summed E-state index contributed by atoms with van der Waals surface area (Å²) < 4.78 is 5.07. The van der Waals surface area contributed by atoms with Crippen LogP contribution in [0.15, 0.2) is 24.3 Å². The fourth-order valence-electron chi connectivity index (χ4n) is 1.44. The maximum atomic E-state index is 8.62. The minimum Gasteiger partial charge on any atom is -0.497 e. The van der Waals surface area contributed by atoms with E-state index in [-0.39, 0.29) is 6.04 Å². The third-order valence-corrected chi connectivity index (χ3v) is 2.41. The molecule has 14 heavy (non-hydrogen) atoms. The van der Waals surface area contributed by atoms with Gasteiger partial charge in [0.15, 0.2) is 0 Å². The van der Waals surface area contributed by atoms with Crippen molar-refractivity contribution in [3.63, 3.8) is 0 Å². The lowest BCUT2D eigenvalue weighted by Crippen LogP contribution is -2.00. The highest BCUT2D eigenvalue weighted by Crippen LogP contribution is 2.21. The fourth-order valence-corrected chi connectivity index (χ4v) is 1.44. The van der Waals surface area contributed by atoms with Gasteiger partial charge >= 0.3 is 0 Å². The fraction of sp³-hybridized carbons (Fsp3) is 0.364. The summed E-state index contributed by atoms with van der Waals surface area (Å²) in [5.41, 5.74) is 1.23. The second-order valence-electron chi connectivity index (χ2n) is 3.42. The van der Waals surface area contributed by atoms with E-state index in [1.54, 1.807) is 7.11 Å². The van der Waals surface area contributed by atoms with Gasteiger partial charge < -0.3 is 4.74 Å². The van der Waals surface area contributed by atoms with Crippen molar-refractivity contribution in [2.24, 2.45) is 0 Å². The Morgan fingerprint density at radius 2 is 2.21 bits per heavy atom. The van der Waals surface area contributed by atoms with E-state index in [1.165, 1.54) is 5.56 Å². The number of nitriles is 1. The third-order valence-electron chi connectivity index (χ3n) is 2.41. The molecule has 1 aliphatic rings. The summed E-state index contributed by atoms with van der Waals surface area (Å²) in [4.78, 5) is 2.13. The summed E-state index contributed by atoms with van der Waals surface area (Å²) >= 11 is 0. The Labute approximate surface area is 83.5 Å². The molecule has 1 saturated heterocycles. The van der Waals surface area contributed by atoms with Crippen molar-refractivity contribution in [3.8, 4) is 11.8 Å².